The Kier molecular flexibility index (Phi) is 6.16. The van der Waals surface area contributed by atoms with E-state index >= 15 is 0 Å². The monoisotopic (exact) mass is 344 g/mol. The Morgan fingerprint density at radius 1 is 1.29 bits per heavy atom. The van der Waals surface area contributed by atoms with Crippen molar-refractivity contribution in [2.75, 3.05) is 6.61 Å². The van der Waals surface area contributed by atoms with Gasteiger partial charge < -0.3 is 9.47 Å². The standard InChI is InChI=1S/C18H17ClN2O3/c1-3-14-6-5-12(10-18(22)23-4-2)7-15(14)24-17-9-13(11-20)8-16(19)21-17/h5-9H,3-4,10H2,1-2H3. The first-order valence-electron chi connectivity index (χ1n) is 7.58. The van der Waals surface area contributed by atoms with E-state index in [1.54, 1.807) is 13.0 Å². The van der Waals surface area contributed by atoms with E-state index in [4.69, 9.17) is 26.3 Å². The van der Waals surface area contributed by atoms with Crippen molar-refractivity contribution in [3.05, 3.63) is 52.2 Å². The van der Waals surface area contributed by atoms with Gasteiger partial charge in [0.05, 0.1) is 24.7 Å². The average Bonchev–Trinajstić information content (AvgIpc) is 2.54. The molecule has 124 valence electrons. The fourth-order valence-electron chi connectivity index (χ4n) is 2.18. The van der Waals surface area contributed by atoms with E-state index in [0.717, 1.165) is 17.5 Å². The van der Waals surface area contributed by atoms with Gasteiger partial charge in [0.15, 0.2) is 0 Å². The number of nitriles is 1. The van der Waals surface area contributed by atoms with Gasteiger partial charge in [-0.25, -0.2) is 4.98 Å². The van der Waals surface area contributed by atoms with Gasteiger partial charge in [-0.2, -0.15) is 5.26 Å². The third-order valence-electron chi connectivity index (χ3n) is 3.28. The summed E-state index contributed by atoms with van der Waals surface area (Å²) in [6, 6.07) is 10.5. The first-order chi connectivity index (χ1) is 11.5. The zero-order valence-corrected chi connectivity index (χ0v) is 14.3. The molecule has 0 unspecified atom stereocenters. The molecule has 1 heterocycles. The van der Waals surface area contributed by atoms with Crippen molar-refractivity contribution < 1.29 is 14.3 Å². The molecule has 0 N–H and O–H groups in total. The lowest BCUT2D eigenvalue weighted by Crippen LogP contribution is -2.07. The number of carbonyl (C=O) groups is 1. The highest BCUT2D eigenvalue weighted by Gasteiger charge is 2.11. The zero-order valence-electron chi connectivity index (χ0n) is 13.5. The van der Waals surface area contributed by atoms with Gasteiger partial charge in [0, 0.05) is 6.07 Å². The Bertz CT molecular complexity index is 784. The third-order valence-corrected chi connectivity index (χ3v) is 3.47. The van der Waals surface area contributed by atoms with E-state index in [-0.39, 0.29) is 23.4 Å². The van der Waals surface area contributed by atoms with E-state index in [1.165, 1.54) is 12.1 Å². The summed E-state index contributed by atoms with van der Waals surface area (Å²) in [7, 11) is 0. The Labute approximate surface area is 145 Å². The number of aryl methyl sites for hydroxylation is 1. The molecule has 1 aromatic carbocycles. The zero-order chi connectivity index (χ0) is 17.5. The van der Waals surface area contributed by atoms with Crippen LogP contribution < -0.4 is 4.74 Å². The van der Waals surface area contributed by atoms with Crippen LogP contribution in [0.2, 0.25) is 5.15 Å². The van der Waals surface area contributed by atoms with Gasteiger partial charge in [0.25, 0.3) is 0 Å². The van der Waals surface area contributed by atoms with Gasteiger partial charge in [0.2, 0.25) is 5.88 Å². The largest absolute Gasteiger partial charge is 0.466 e. The summed E-state index contributed by atoms with van der Waals surface area (Å²) in [5, 5.41) is 9.19. The number of pyridine rings is 1. The van der Waals surface area contributed by atoms with Crippen molar-refractivity contribution in [2.45, 2.75) is 26.7 Å². The summed E-state index contributed by atoms with van der Waals surface area (Å²) < 4.78 is 10.8. The highest BCUT2D eigenvalue weighted by atomic mass is 35.5. The normalized spacial score (nSPS) is 10.1. The smallest absolute Gasteiger partial charge is 0.310 e. The van der Waals surface area contributed by atoms with E-state index < -0.39 is 0 Å². The summed E-state index contributed by atoms with van der Waals surface area (Å²) in [5.41, 5.74) is 2.11. The number of hydrogen-bond donors (Lipinski definition) is 0. The molecule has 1 aromatic heterocycles. The molecule has 2 aromatic rings. The lowest BCUT2D eigenvalue weighted by molar-refractivity contribution is -0.142. The molecule has 6 heteroatoms. The molecule has 0 atom stereocenters. The summed E-state index contributed by atoms with van der Waals surface area (Å²) in [6.07, 6.45) is 0.918. The van der Waals surface area contributed by atoms with Crippen LogP contribution in [0.3, 0.4) is 0 Å². The molecule has 0 radical (unpaired) electrons. The fraction of sp³-hybridized carbons (Fsp3) is 0.278. The third kappa shape index (κ3) is 4.71. The minimum Gasteiger partial charge on any atom is -0.466 e. The summed E-state index contributed by atoms with van der Waals surface area (Å²) in [6.45, 7) is 4.11. The number of hydrogen-bond acceptors (Lipinski definition) is 5. The summed E-state index contributed by atoms with van der Waals surface area (Å²) in [4.78, 5) is 15.7. The highest BCUT2D eigenvalue weighted by molar-refractivity contribution is 6.29. The second-order valence-electron chi connectivity index (χ2n) is 5.01. The highest BCUT2D eigenvalue weighted by Crippen LogP contribution is 2.28. The fourth-order valence-corrected chi connectivity index (χ4v) is 2.38. The summed E-state index contributed by atoms with van der Waals surface area (Å²) in [5.74, 6) is 0.528. The molecule has 0 aliphatic rings. The number of nitrogens with zero attached hydrogens (tertiary/aromatic N) is 2. The molecule has 24 heavy (non-hydrogen) atoms. The van der Waals surface area contributed by atoms with Gasteiger partial charge in [-0.1, -0.05) is 30.7 Å². The van der Waals surface area contributed by atoms with Crippen LogP contribution >= 0.6 is 11.6 Å². The maximum Gasteiger partial charge on any atom is 0.310 e. The van der Waals surface area contributed by atoms with Crippen molar-refractivity contribution in [3.63, 3.8) is 0 Å². The lowest BCUT2D eigenvalue weighted by atomic mass is 10.1. The molecule has 0 aliphatic carbocycles. The SMILES string of the molecule is CCOC(=O)Cc1ccc(CC)c(Oc2cc(C#N)cc(Cl)n2)c1. The van der Waals surface area contributed by atoms with Crippen LogP contribution in [0.5, 0.6) is 11.6 Å². The Morgan fingerprint density at radius 3 is 2.75 bits per heavy atom. The molecule has 0 aliphatic heterocycles. The number of aromatic nitrogens is 1. The van der Waals surface area contributed by atoms with Crippen LogP contribution in [0.25, 0.3) is 0 Å². The van der Waals surface area contributed by atoms with Crippen molar-refractivity contribution in [2.24, 2.45) is 0 Å². The topological polar surface area (TPSA) is 72.2 Å². The van der Waals surface area contributed by atoms with Gasteiger partial charge in [0.1, 0.15) is 10.9 Å². The van der Waals surface area contributed by atoms with E-state index in [0.29, 0.717) is 17.9 Å². The van der Waals surface area contributed by atoms with Gasteiger partial charge in [-0.15, -0.1) is 0 Å². The number of benzene rings is 1. The quantitative estimate of drug-likeness (QED) is 0.583. The van der Waals surface area contributed by atoms with E-state index in [1.807, 2.05) is 25.1 Å². The predicted octanol–water partition coefficient (Wildman–Crippen LogP) is 4.07. The maximum atomic E-state index is 11.6. The molecule has 0 saturated heterocycles. The molecule has 0 bridgehead atoms. The minimum absolute atomic E-state index is 0.167. The van der Waals surface area contributed by atoms with Crippen LogP contribution in [0, 0.1) is 11.3 Å². The van der Waals surface area contributed by atoms with Crippen LogP contribution in [-0.4, -0.2) is 17.6 Å². The van der Waals surface area contributed by atoms with Crippen molar-refractivity contribution in [3.8, 4) is 17.7 Å². The Balaban J connectivity index is 2.29. The van der Waals surface area contributed by atoms with Crippen LogP contribution in [0.1, 0.15) is 30.5 Å². The van der Waals surface area contributed by atoms with Crippen molar-refractivity contribution >= 4 is 17.6 Å². The van der Waals surface area contributed by atoms with Gasteiger partial charge >= 0.3 is 5.97 Å². The van der Waals surface area contributed by atoms with Crippen LogP contribution in [-0.2, 0) is 22.4 Å². The van der Waals surface area contributed by atoms with Crippen molar-refractivity contribution in [1.29, 1.82) is 5.26 Å². The molecule has 0 fully saturated rings. The Hall–Kier alpha value is -2.58. The van der Waals surface area contributed by atoms with E-state index in [9.17, 15) is 4.79 Å². The number of ether oxygens (including phenoxy) is 2. The molecule has 0 amide bonds. The lowest BCUT2D eigenvalue weighted by Gasteiger charge is -2.12. The van der Waals surface area contributed by atoms with Crippen LogP contribution in [0.4, 0.5) is 0 Å². The average molecular weight is 345 g/mol. The van der Waals surface area contributed by atoms with E-state index in [2.05, 4.69) is 4.98 Å². The minimum atomic E-state index is -0.291. The molecule has 0 saturated carbocycles. The molecular formula is C18H17ClN2O3. The number of carbonyl (C=O) groups excluding carboxylic acids is 1. The number of halogens is 1. The number of esters is 1. The van der Waals surface area contributed by atoms with Crippen molar-refractivity contribution in [1.82, 2.24) is 4.98 Å². The molecular weight excluding hydrogens is 328 g/mol. The number of rotatable bonds is 6. The second kappa shape index (κ2) is 8.32. The molecule has 0 spiro atoms. The van der Waals surface area contributed by atoms with Gasteiger partial charge in [-0.05, 0) is 36.6 Å². The van der Waals surface area contributed by atoms with Gasteiger partial charge in [-0.3, -0.25) is 4.79 Å². The Morgan fingerprint density at radius 2 is 2.08 bits per heavy atom. The summed E-state index contributed by atoms with van der Waals surface area (Å²) >= 11 is 5.90. The molecule has 2 rings (SSSR count). The predicted molar refractivity (Wildman–Crippen MR) is 90.2 cm³/mol. The second-order valence-corrected chi connectivity index (χ2v) is 5.40. The maximum absolute atomic E-state index is 11.6. The first kappa shape index (κ1) is 17.8. The van der Waals surface area contributed by atoms with Crippen LogP contribution in [0.15, 0.2) is 30.3 Å². The first-order valence-corrected chi connectivity index (χ1v) is 7.96. The molecule has 5 nitrogen and oxygen atoms in total.